The number of hydrogen-bond donors (Lipinski definition) is 0. The molecule has 0 unspecified atom stereocenters. The first-order valence-electron chi connectivity index (χ1n) is 2.41. The Labute approximate surface area is 53.8 Å². The van der Waals surface area contributed by atoms with Gasteiger partial charge in [-0.3, -0.25) is 0 Å². The third-order valence-corrected chi connectivity index (χ3v) is 1.36. The molecule has 0 aliphatic carbocycles. The SMILES string of the molecule is CSCCCOC#N. The summed E-state index contributed by atoms with van der Waals surface area (Å²) < 4.78 is 4.43. The minimum absolute atomic E-state index is 0.567. The topological polar surface area (TPSA) is 33.0 Å². The molecule has 8 heavy (non-hydrogen) atoms. The second-order valence-corrected chi connectivity index (χ2v) is 2.27. The van der Waals surface area contributed by atoms with Crippen molar-refractivity contribution in [1.82, 2.24) is 0 Å². The summed E-state index contributed by atoms with van der Waals surface area (Å²) in [7, 11) is 0. The van der Waals surface area contributed by atoms with Crippen molar-refractivity contribution in [3.05, 3.63) is 0 Å². The van der Waals surface area contributed by atoms with E-state index in [4.69, 9.17) is 5.26 Å². The summed E-state index contributed by atoms with van der Waals surface area (Å²) in [6.07, 6.45) is 4.62. The molecule has 2 nitrogen and oxygen atoms in total. The normalized spacial score (nSPS) is 8.00. The van der Waals surface area contributed by atoms with Gasteiger partial charge in [-0.2, -0.15) is 17.0 Å². The molecular weight excluding hydrogens is 122 g/mol. The summed E-state index contributed by atoms with van der Waals surface area (Å²) >= 11 is 1.76. The minimum Gasteiger partial charge on any atom is -0.427 e. The lowest BCUT2D eigenvalue weighted by atomic mass is 10.5. The number of hydrogen-bond acceptors (Lipinski definition) is 3. The smallest absolute Gasteiger partial charge is 0.286 e. The van der Waals surface area contributed by atoms with Crippen LogP contribution in [-0.4, -0.2) is 18.6 Å². The van der Waals surface area contributed by atoms with Gasteiger partial charge in [0.25, 0.3) is 6.26 Å². The fourth-order valence-electron chi connectivity index (χ4n) is 0.321. The molecule has 0 aromatic carbocycles. The van der Waals surface area contributed by atoms with Gasteiger partial charge < -0.3 is 4.74 Å². The molecule has 0 rings (SSSR count). The van der Waals surface area contributed by atoms with E-state index in [1.165, 1.54) is 0 Å². The highest BCUT2D eigenvalue weighted by molar-refractivity contribution is 7.98. The Hall–Kier alpha value is -0.360. The van der Waals surface area contributed by atoms with Crippen LogP contribution in [0.25, 0.3) is 0 Å². The Morgan fingerprint density at radius 2 is 2.50 bits per heavy atom. The zero-order valence-corrected chi connectivity index (χ0v) is 5.70. The van der Waals surface area contributed by atoms with E-state index in [9.17, 15) is 0 Å². The van der Waals surface area contributed by atoms with Gasteiger partial charge in [-0.1, -0.05) is 0 Å². The highest BCUT2D eigenvalue weighted by Gasteiger charge is 1.82. The molecule has 0 aliphatic rings. The van der Waals surface area contributed by atoms with E-state index in [2.05, 4.69) is 4.74 Å². The van der Waals surface area contributed by atoms with Crippen molar-refractivity contribution in [3.63, 3.8) is 0 Å². The van der Waals surface area contributed by atoms with Gasteiger partial charge in [-0.15, -0.1) is 0 Å². The molecule has 46 valence electrons. The van der Waals surface area contributed by atoms with Crippen LogP contribution in [0.1, 0.15) is 6.42 Å². The number of nitriles is 1. The second kappa shape index (κ2) is 6.64. The van der Waals surface area contributed by atoms with Crippen LogP contribution in [0.15, 0.2) is 0 Å². The van der Waals surface area contributed by atoms with Crippen LogP contribution in [-0.2, 0) is 4.74 Å². The lowest BCUT2D eigenvalue weighted by molar-refractivity contribution is 0.272. The third-order valence-electron chi connectivity index (χ3n) is 0.659. The molecule has 0 aromatic heterocycles. The number of ether oxygens (including phenoxy) is 1. The molecule has 0 radical (unpaired) electrons. The Balaban J connectivity index is 2.65. The lowest BCUT2D eigenvalue weighted by Gasteiger charge is -1.91. The second-order valence-electron chi connectivity index (χ2n) is 1.29. The monoisotopic (exact) mass is 131 g/mol. The quantitative estimate of drug-likeness (QED) is 0.425. The zero-order chi connectivity index (χ0) is 6.24. The van der Waals surface area contributed by atoms with Crippen LogP contribution >= 0.6 is 11.8 Å². The van der Waals surface area contributed by atoms with E-state index in [0.29, 0.717) is 6.61 Å². The molecule has 0 amide bonds. The largest absolute Gasteiger partial charge is 0.427 e. The standard InChI is InChI=1S/C5H9NOS/c1-8-4-2-3-7-5-6/h2-4H2,1H3. The lowest BCUT2D eigenvalue weighted by Crippen LogP contribution is -1.88. The maximum Gasteiger partial charge on any atom is 0.286 e. The van der Waals surface area contributed by atoms with Gasteiger partial charge in [0.15, 0.2) is 0 Å². The molecule has 0 heterocycles. The fourth-order valence-corrected chi connectivity index (χ4v) is 0.728. The maximum atomic E-state index is 7.89. The fraction of sp³-hybridized carbons (Fsp3) is 0.800. The van der Waals surface area contributed by atoms with Crippen LogP contribution < -0.4 is 0 Å². The average molecular weight is 131 g/mol. The first-order valence-corrected chi connectivity index (χ1v) is 3.81. The van der Waals surface area contributed by atoms with Crippen LogP contribution in [0.2, 0.25) is 0 Å². The van der Waals surface area contributed by atoms with E-state index >= 15 is 0 Å². The minimum atomic E-state index is 0.567. The van der Waals surface area contributed by atoms with Gasteiger partial charge in [0.2, 0.25) is 0 Å². The van der Waals surface area contributed by atoms with E-state index in [1.807, 2.05) is 6.26 Å². The first-order chi connectivity index (χ1) is 3.91. The zero-order valence-electron chi connectivity index (χ0n) is 4.89. The summed E-state index contributed by atoms with van der Waals surface area (Å²) in [6, 6.07) is 0. The van der Waals surface area contributed by atoms with Gasteiger partial charge in [0.05, 0.1) is 0 Å². The van der Waals surface area contributed by atoms with Gasteiger partial charge in [-0.05, 0) is 18.4 Å². The summed E-state index contributed by atoms with van der Waals surface area (Å²) in [6.45, 7) is 0.567. The van der Waals surface area contributed by atoms with Crippen molar-refractivity contribution in [2.45, 2.75) is 6.42 Å². The molecule has 0 aliphatic heterocycles. The first kappa shape index (κ1) is 7.64. The van der Waals surface area contributed by atoms with Gasteiger partial charge in [-0.25, -0.2) is 0 Å². The molecular formula is C5H9NOS. The average Bonchev–Trinajstić information content (AvgIpc) is 1.81. The Kier molecular flexibility index (Phi) is 6.34. The molecule has 0 saturated heterocycles. The molecule has 0 N–H and O–H groups in total. The summed E-state index contributed by atoms with van der Waals surface area (Å²) in [5.74, 6) is 1.07. The summed E-state index contributed by atoms with van der Waals surface area (Å²) in [5.41, 5.74) is 0. The number of rotatable bonds is 4. The highest BCUT2D eigenvalue weighted by Crippen LogP contribution is 1.94. The molecule has 0 saturated carbocycles. The Bertz CT molecular complexity index is 79.0. The Morgan fingerprint density at radius 1 is 1.75 bits per heavy atom. The van der Waals surface area contributed by atoms with Crippen molar-refractivity contribution in [3.8, 4) is 6.26 Å². The van der Waals surface area contributed by atoms with Crippen molar-refractivity contribution in [2.24, 2.45) is 0 Å². The number of thioether (sulfide) groups is 1. The predicted octanol–water partition coefficient (Wildman–Crippen LogP) is 1.24. The van der Waals surface area contributed by atoms with E-state index in [-0.39, 0.29) is 0 Å². The third kappa shape index (κ3) is 5.64. The van der Waals surface area contributed by atoms with Crippen molar-refractivity contribution in [1.29, 1.82) is 5.26 Å². The Morgan fingerprint density at radius 3 is 3.00 bits per heavy atom. The van der Waals surface area contributed by atoms with Gasteiger partial charge in [0, 0.05) is 0 Å². The van der Waals surface area contributed by atoms with Crippen molar-refractivity contribution in [2.75, 3.05) is 18.6 Å². The maximum absolute atomic E-state index is 7.89. The molecule has 0 atom stereocenters. The van der Waals surface area contributed by atoms with Crippen LogP contribution in [0.5, 0.6) is 0 Å². The number of nitrogens with zero attached hydrogens (tertiary/aromatic N) is 1. The van der Waals surface area contributed by atoms with Crippen LogP contribution in [0.3, 0.4) is 0 Å². The van der Waals surface area contributed by atoms with E-state index in [0.717, 1.165) is 12.2 Å². The summed E-state index contributed by atoms with van der Waals surface area (Å²) in [5, 5.41) is 7.89. The van der Waals surface area contributed by atoms with E-state index in [1.54, 1.807) is 18.0 Å². The van der Waals surface area contributed by atoms with Crippen LogP contribution in [0.4, 0.5) is 0 Å². The van der Waals surface area contributed by atoms with Gasteiger partial charge >= 0.3 is 0 Å². The molecule has 0 fully saturated rings. The van der Waals surface area contributed by atoms with E-state index < -0.39 is 0 Å². The highest BCUT2D eigenvalue weighted by atomic mass is 32.2. The molecule has 0 aromatic rings. The molecule has 0 bridgehead atoms. The predicted molar refractivity (Wildman–Crippen MR) is 34.6 cm³/mol. The molecule has 0 spiro atoms. The molecule has 3 heteroatoms. The van der Waals surface area contributed by atoms with Crippen LogP contribution in [0, 0.1) is 11.5 Å². The van der Waals surface area contributed by atoms with Gasteiger partial charge in [0.1, 0.15) is 6.61 Å². The summed E-state index contributed by atoms with van der Waals surface area (Å²) in [4.78, 5) is 0. The van der Waals surface area contributed by atoms with Crippen molar-refractivity contribution < 1.29 is 4.74 Å². The van der Waals surface area contributed by atoms with Crippen molar-refractivity contribution >= 4 is 11.8 Å².